The fraction of sp³-hybridized carbons (Fsp3) is 0.471. The van der Waals surface area contributed by atoms with Gasteiger partial charge in [-0.3, -0.25) is 5.10 Å². The third kappa shape index (κ3) is 3.98. The van der Waals surface area contributed by atoms with Gasteiger partial charge in [0, 0.05) is 50.1 Å². The molecule has 0 unspecified atom stereocenters. The topological polar surface area (TPSA) is 59.2 Å². The molecule has 0 aliphatic carbocycles. The number of halogens is 2. The van der Waals surface area contributed by atoms with Crippen LogP contribution in [0.4, 0.5) is 8.78 Å². The van der Waals surface area contributed by atoms with Crippen molar-refractivity contribution in [3.8, 4) is 11.3 Å². The van der Waals surface area contributed by atoms with Gasteiger partial charge >= 0.3 is 0 Å². The number of hydrogen-bond donors (Lipinski definition) is 2. The molecule has 130 valence electrons. The molecule has 3 rings (SSSR count). The van der Waals surface area contributed by atoms with Gasteiger partial charge in [0.25, 0.3) is 0 Å². The van der Waals surface area contributed by atoms with E-state index in [4.69, 9.17) is 9.47 Å². The molecule has 0 bridgehead atoms. The minimum Gasteiger partial charge on any atom is -0.381 e. The fourth-order valence-corrected chi connectivity index (χ4v) is 2.93. The highest BCUT2D eigenvalue weighted by atomic mass is 19.1. The number of rotatable bonds is 6. The lowest BCUT2D eigenvalue weighted by Gasteiger charge is -2.23. The van der Waals surface area contributed by atoms with E-state index in [2.05, 4.69) is 15.5 Å². The summed E-state index contributed by atoms with van der Waals surface area (Å²) >= 11 is 0. The molecule has 7 heteroatoms. The summed E-state index contributed by atoms with van der Waals surface area (Å²) in [4.78, 5) is 0. The van der Waals surface area contributed by atoms with Gasteiger partial charge in [-0.05, 0) is 25.0 Å². The van der Waals surface area contributed by atoms with Gasteiger partial charge in [0.1, 0.15) is 11.6 Å². The standard InChI is InChI=1S/C17H21F2N3O2/c1-23-10-15-16(9-20-14-2-4-24-5-3-14)21-22-17(15)11-6-12(18)8-13(19)7-11/h6-8,14,20H,2-5,9-10H2,1H3,(H,21,22). The van der Waals surface area contributed by atoms with Crippen LogP contribution in [-0.4, -0.2) is 36.6 Å². The molecule has 0 atom stereocenters. The van der Waals surface area contributed by atoms with Crippen molar-refractivity contribution in [3.05, 3.63) is 41.1 Å². The first-order valence-corrected chi connectivity index (χ1v) is 8.00. The molecule has 2 aromatic rings. The van der Waals surface area contributed by atoms with Crippen molar-refractivity contribution in [2.75, 3.05) is 20.3 Å². The van der Waals surface area contributed by atoms with Crippen molar-refractivity contribution >= 4 is 0 Å². The van der Waals surface area contributed by atoms with Crippen LogP contribution in [-0.2, 0) is 22.6 Å². The van der Waals surface area contributed by atoms with E-state index in [-0.39, 0.29) is 0 Å². The summed E-state index contributed by atoms with van der Waals surface area (Å²) < 4.78 is 37.6. The summed E-state index contributed by atoms with van der Waals surface area (Å²) in [6.07, 6.45) is 1.93. The van der Waals surface area contributed by atoms with Gasteiger partial charge < -0.3 is 14.8 Å². The third-order valence-electron chi connectivity index (χ3n) is 4.17. The van der Waals surface area contributed by atoms with Crippen molar-refractivity contribution in [1.29, 1.82) is 0 Å². The van der Waals surface area contributed by atoms with Crippen molar-refractivity contribution in [2.45, 2.75) is 32.0 Å². The number of nitrogens with one attached hydrogen (secondary N) is 2. The van der Waals surface area contributed by atoms with E-state index in [0.717, 1.165) is 43.4 Å². The van der Waals surface area contributed by atoms with Crippen LogP contribution >= 0.6 is 0 Å². The summed E-state index contributed by atoms with van der Waals surface area (Å²) in [5, 5.41) is 10.7. The van der Waals surface area contributed by atoms with E-state index in [0.29, 0.717) is 30.5 Å². The Hall–Kier alpha value is -1.83. The lowest BCUT2D eigenvalue weighted by Crippen LogP contribution is -2.34. The van der Waals surface area contributed by atoms with Gasteiger partial charge in [-0.1, -0.05) is 0 Å². The van der Waals surface area contributed by atoms with E-state index in [9.17, 15) is 8.78 Å². The molecule has 0 saturated carbocycles. The molecular formula is C17H21F2N3O2. The van der Waals surface area contributed by atoms with E-state index >= 15 is 0 Å². The summed E-state index contributed by atoms with van der Waals surface area (Å²) in [5.41, 5.74) is 2.61. The zero-order chi connectivity index (χ0) is 16.9. The normalized spacial score (nSPS) is 15.8. The molecule has 1 aliphatic heterocycles. The van der Waals surface area contributed by atoms with Gasteiger partial charge in [-0.25, -0.2) is 8.78 Å². The molecule has 2 N–H and O–H groups in total. The number of aromatic amines is 1. The Morgan fingerprint density at radius 2 is 1.96 bits per heavy atom. The fourth-order valence-electron chi connectivity index (χ4n) is 2.93. The molecule has 5 nitrogen and oxygen atoms in total. The van der Waals surface area contributed by atoms with E-state index in [1.54, 1.807) is 7.11 Å². The van der Waals surface area contributed by atoms with Crippen LogP contribution in [0, 0.1) is 11.6 Å². The number of H-pyrrole nitrogens is 1. The molecule has 0 amide bonds. The largest absolute Gasteiger partial charge is 0.381 e. The Morgan fingerprint density at radius 1 is 1.25 bits per heavy atom. The summed E-state index contributed by atoms with van der Waals surface area (Å²) in [6.45, 7) is 2.40. The van der Waals surface area contributed by atoms with Gasteiger partial charge in [-0.15, -0.1) is 0 Å². The summed E-state index contributed by atoms with van der Waals surface area (Å²) in [7, 11) is 1.58. The molecule has 24 heavy (non-hydrogen) atoms. The first-order valence-electron chi connectivity index (χ1n) is 8.00. The molecule has 1 aromatic carbocycles. The minimum atomic E-state index is -0.621. The maximum atomic E-state index is 13.5. The van der Waals surface area contributed by atoms with Crippen LogP contribution < -0.4 is 5.32 Å². The van der Waals surface area contributed by atoms with Crippen LogP contribution in [0.5, 0.6) is 0 Å². The number of nitrogens with zero attached hydrogens (tertiary/aromatic N) is 1. The zero-order valence-corrected chi connectivity index (χ0v) is 13.6. The molecule has 1 fully saturated rings. The lowest BCUT2D eigenvalue weighted by atomic mass is 10.0. The van der Waals surface area contributed by atoms with Crippen molar-refractivity contribution in [3.63, 3.8) is 0 Å². The van der Waals surface area contributed by atoms with E-state index < -0.39 is 11.6 Å². The number of ether oxygens (including phenoxy) is 2. The van der Waals surface area contributed by atoms with Crippen LogP contribution in [0.1, 0.15) is 24.1 Å². The molecule has 1 aromatic heterocycles. The lowest BCUT2D eigenvalue weighted by molar-refractivity contribution is 0.0774. The molecular weight excluding hydrogens is 316 g/mol. The Bertz CT molecular complexity index is 664. The average Bonchev–Trinajstić information content (AvgIpc) is 2.96. The van der Waals surface area contributed by atoms with Crippen molar-refractivity contribution in [2.24, 2.45) is 0 Å². The highest BCUT2D eigenvalue weighted by Crippen LogP contribution is 2.26. The van der Waals surface area contributed by atoms with Gasteiger partial charge in [0.2, 0.25) is 0 Å². The van der Waals surface area contributed by atoms with E-state index in [1.165, 1.54) is 12.1 Å². The molecule has 2 heterocycles. The van der Waals surface area contributed by atoms with Gasteiger partial charge in [0.05, 0.1) is 18.0 Å². The Labute approximate surface area is 139 Å². The maximum Gasteiger partial charge on any atom is 0.126 e. The second-order valence-electron chi connectivity index (χ2n) is 5.88. The Morgan fingerprint density at radius 3 is 2.62 bits per heavy atom. The molecule has 0 radical (unpaired) electrons. The second-order valence-corrected chi connectivity index (χ2v) is 5.88. The van der Waals surface area contributed by atoms with Crippen LogP contribution in [0.2, 0.25) is 0 Å². The van der Waals surface area contributed by atoms with Crippen LogP contribution in [0.3, 0.4) is 0 Å². The summed E-state index contributed by atoms with van der Waals surface area (Å²) in [6, 6.07) is 3.81. The Kier molecular flexibility index (Phi) is 5.55. The number of aromatic nitrogens is 2. The molecule has 1 aliphatic rings. The van der Waals surface area contributed by atoms with E-state index in [1.807, 2.05) is 0 Å². The number of benzene rings is 1. The highest BCUT2D eigenvalue weighted by Gasteiger charge is 2.18. The molecule has 1 saturated heterocycles. The Balaban J connectivity index is 1.81. The average molecular weight is 337 g/mol. The quantitative estimate of drug-likeness (QED) is 0.851. The smallest absolute Gasteiger partial charge is 0.126 e. The maximum absolute atomic E-state index is 13.5. The first-order chi connectivity index (χ1) is 11.7. The van der Waals surface area contributed by atoms with Gasteiger partial charge in [-0.2, -0.15) is 5.10 Å². The SMILES string of the molecule is COCc1c(CNC2CCOCC2)n[nH]c1-c1cc(F)cc(F)c1. The summed E-state index contributed by atoms with van der Waals surface area (Å²) in [5.74, 6) is -1.24. The highest BCUT2D eigenvalue weighted by molar-refractivity contribution is 5.64. The van der Waals surface area contributed by atoms with Crippen molar-refractivity contribution < 1.29 is 18.3 Å². The monoisotopic (exact) mass is 337 g/mol. The minimum absolute atomic E-state index is 0.314. The molecule has 0 spiro atoms. The third-order valence-corrected chi connectivity index (χ3v) is 4.17. The van der Waals surface area contributed by atoms with Crippen LogP contribution in [0.15, 0.2) is 18.2 Å². The predicted molar refractivity (Wildman–Crippen MR) is 85.3 cm³/mol. The van der Waals surface area contributed by atoms with Crippen LogP contribution in [0.25, 0.3) is 11.3 Å². The number of methoxy groups -OCH3 is 1. The first kappa shape index (κ1) is 17.0. The van der Waals surface area contributed by atoms with Crippen molar-refractivity contribution in [1.82, 2.24) is 15.5 Å². The predicted octanol–water partition coefficient (Wildman–Crippen LogP) is 2.77. The number of hydrogen-bond acceptors (Lipinski definition) is 4. The second kappa shape index (κ2) is 7.83. The zero-order valence-electron chi connectivity index (χ0n) is 13.6. The van der Waals surface area contributed by atoms with Gasteiger partial charge in [0.15, 0.2) is 0 Å².